The zero-order valence-corrected chi connectivity index (χ0v) is 9.93. The molecule has 5 N–H and O–H groups in total. The van der Waals surface area contributed by atoms with Crippen molar-refractivity contribution in [3.63, 3.8) is 0 Å². The topological polar surface area (TPSA) is 131 Å². The maximum absolute atomic E-state index is 11.4. The number of rotatable bonds is 6. The van der Waals surface area contributed by atoms with Crippen LogP contribution in [0.2, 0.25) is 0 Å². The Labute approximate surface area is 103 Å². The van der Waals surface area contributed by atoms with Gasteiger partial charge in [-0.25, -0.2) is 4.79 Å². The van der Waals surface area contributed by atoms with E-state index in [0.717, 1.165) is 4.57 Å². The number of ether oxygens (including phenoxy) is 1. The van der Waals surface area contributed by atoms with Gasteiger partial charge in [0.2, 0.25) is 0 Å². The smallest absolute Gasteiger partial charge is 0.351 e. The Morgan fingerprint density at radius 2 is 2.22 bits per heavy atom. The second-order valence-electron chi connectivity index (χ2n) is 3.85. The molecule has 3 atom stereocenters. The number of nitrogen functional groups attached to an aromatic ring is 1. The van der Waals surface area contributed by atoms with Crippen LogP contribution in [0.4, 0.5) is 5.82 Å². The molecule has 1 aromatic heterocycles. The van der Waals surface area contributed by atoms with Crippen LogP contribution < -0.4 is 11.4 Å². The molecule has 8 nitrogen and oxygen atoms in total. The van der Waals surface area contributed by atoms with Crippen LogP contribution in [0.15, 0.2) is 17.1 Å². The van der Waals surface area contributed by atoms with Gasteiger partial charge >= 0.3 is 5.69 Å². The highest BCUT2D eigenvalue weighted by Gasteiger charge is 2.23. The first-order valence-electron chi connectivity index (χ1n) is 5.37. The normalized spacial score (nSPS) is 16.2. The molecule has 0 amide bonds. The molecule has 0 fully saturated rings. The van der Waals surface area contributed by atoms with Crippen molar-refractivity contribution in [2.45, 2.75) is 32.0 Å². The lowest BCUT2D eigenvalue weighted by Gasteiger charge is -2.23. The molecule has 102 valence electrons. The van der Waals surface area contributed by atoms with E-state index in [2.05, 4.69) is 4.98 Å². The van der Waals surface area contributed by atoms with Crippen LogP contribution >= 0.6 is 0 Å². The van der Waals surface area contributed by atoms with Crippen molar-refractivity contribution in [1.82, 2.24) is 9.55 Å². The number of hydrogen-bond acceptors (Lipinski definition) is 7. The van der Waals surface area contributed by atoms with E-state index >= 15 is 0 Å². The Hall–Kier alpha value is -1.48. The molecule has 1 aromatic rings. The summed E-state index contributed by atoms with van der Waals surface area (Å²) < 4.78 is 6.26. The third kappa shape index (κ3) is 3.77. The van der Waals surface area contributed by atoms with Crippen LogP contribution in [0.5, 0.6) is 0 Å². The Morgan fingerprint density at radius 3 is 2.72 bits per heavy atom. The molecule has 0 saturated heterocycles. The molecular formula is C10H17N3O5. The lowest BCUT2D eigenvalue weighted by molar-refractivity contribution is -0.120. The van der Waals surface area contributed by atoms with Gasteiger partial charge in [-0.2, -0.15) is 4.98 Å². The van der Waals surface area contributed by atoms with Gasteiger partial charge in [0.05, 0.1) is 12.7 Å². The number of nitrogens with zero attached hydrogens (tertiary/aromatic N) is 2. The zero-order chi connectivity index (χ0) is 13.7. The molecule has 0 bridgehead atoms. The van der Waals surface area contributed by atoms with Crippen molar-refractivity contribution in [3.8, 4) is 0 Å². The molecule has 0 aliphatic rings. The molecule has 1 rings (SSSR count). The summed E-state index contributed by atoms with van der Waals surface area (Å²) in [6.45, 7) is 0.679. The van der Waals surface area contributed by atoms with Gasteiger partial charge in [-0.1, -0.05) is 0 Å². The third-order valence-electron chi connectivity index (χ3n) is 2.38. The summed E-state index contributed by atoms with van der Waals surface area (Å²) in [4.78, 5) is 14.9. The second-order valence-corrected chi connectivity index (χ2v) is 3.85. The highest BCUT2D eigenvalue weighted by molar-refractivity contribution is 5.23. The molecule has 8 heteroatoms. The summed E-state index contributed by atoms with van der Waals surface area (Å²) in [5.41, 5.74) is 4.72. The molecule has 0 radical (unpaired) electrons. The van der Waals surface area contributed by atoms with E-state index in [4.69, 9.17) is 15.6 Å². The maximum atomic E-state index is 11.4. The number of aliphatic hydroxyl groups excluding tert-OH is 3. The van der Waals surface area contributed by atoms with Crippen molar-refractivity contribution in [3.05, 3.63) is 22.7 Å². The Kier molecular flexibility index (Phi) is 5.23. The van der Waals surface area contributed by atoms with Crippen LogP contribution in [0.3, 0.4) is 0 Å². The first-order valence-corrected chi connectivity index (χ1v) is 5.37. The van der Waals surface area contributed by atoms with Gasteiger partial charge in [-0.05, 0) is 13.0 Å². The van der Waals surface area contributed by atoms with E-state index in [1.807, 2.05) is 0 Å². The van der Waals surface area contributed by atoms with Gasteiger partial charge in [0, 0.05) is 6.20 Å². The van der Waals surface area contributed by atoms with E-state index < -0.39 is 30.6 Å². The Bertz CT molecular complexity index is 434. The summed E-state index contributed by atoms with van der Waals surface area (Å²) in [7, 11) is 0. The first-order chi connectivity index (χ1) is 8.45. The van der Waals surface area contributed by atoms with Crippen molar-refractivity contribution in [2.24, 2.45) is 0 Å². The molecule has 0 unspecified atom stereocenters. The fraction of sp³-hybridized carbons (Fsp3) is 0.600. The molecular weight excluding hydrogens is 242 g/mol. The maximum Gasteiger partial charge on any atom is 0.351 e. The van der Waals surface area contributed by atoms with Crippen molar-refractivity contribution in [1.29, 1.82) is 0 Å². The van der Waals surface area contributed by atoms with Crippen molar-refractivity contribution >= 4 is 5.82 Å². The highest BCUT2D eigenvalue weighted by Crippen LogP contribution is 2.04. The summed E-state index contributed by atoms with van der Waals surface area (Å²) in [5.74, 6) is 0.0963. The molecule has 0 spiro atoms. The Balaban J connectivity index is 2.65. The molecule has 18 heavy (non-hydrogen) atoms. The zero-order valence-electron chi connectivity index (χ0n) is 9.93. The van der Waals surface area contributed by atoms with Gasteiger partial charge in [0.1, 0.15) is 24.8 Å². The summed E-state index contributed by atoms with van der Waals surface area (Å²) in [6.07, 6.45) is -1.90. The van der Waals surface area contributed by atoms with Crippen LogP contribution in [0.1, 0.15) is 6.92 Å². The van der Waals surface area contributed by atoms with Crippen LogP contribution in [-0.2, 0) is 11.5 Å². The Morgan fingerprint density at radius 1 is 1.56 bits per heavy atom. The predicted molar refractivity (Wildman–Crippen MR) is 62.6 cm³/mol. The number of aromatic nitrogens is 2. The summed E-state index contributed by atoms with van der Waals surface area (Å²) in [5, 5.41) is 27.7. The monoisotopic (exact) mass is 259 g/mol. The van der Waals surface area contributed by atoms with Crippen LogP contribution in [0, 0.1) is 0 Å². The van der Waals surface area contributed by atoms with Crippen LogP contribution in [0.25, 0.3) is 0 Å². The largest absolute Gasteiger partial charge is 0.394 e. The molecule has 0 saturated carbocycles. The van der Waals surface area contributed by atoms with Gasteiger partial charge in [-0.15, -0.1) is 0 Å². The fourth-order valence-electron chi connectivity index (χ4n) is 1.29. The minimum absolute atomic E-state index is 0.0963. The lowest BCUT2D eigenvalue weighted by atomic mass is 10.1. The molecule has 1 heterocycles. The number of anilines is 1. The van der Waals surface area contributed by atoms with Gasteiger partial charge in [-0.3, -0.25) is 4.57 Å². The molecule has 0 aliphatic heterocycles. The van der Waals surface area contributed by atoms with Gasteiger partial charge < -0.3 is 25.8 Å². The highest BCUT2D eigenvalue weighted by atomic mass is 16.5. The standard InChI is InChI=1S/C10H17N3O5/c1-6(15)9(16)7(4-14)18-5-13-3-2-8(11)12-10(13)17/h2-3,6-7,9,14-16H,4-5H2,1H3,(H2,11,12,17)/t6-,7-,9+/m1/s1. The van der Waals surface area contributed by atoms with E-state index in [1.54, 1.807) is 0 Å². The third-order valence-corrected chi connectivity index (χ3v) is 2.38. The minimum atomic E-state index is -1.24. The van der Waals surface area contributed by atoms with E-state index in [-0.39, 0.29) is 12.5 Å². The van der Waals surface area contributed by atoms with Crippen molar-refractivity contribution < 1.29 is 20.1 Å². The average molecular weight is 259 g/mol. The second kappa shape index (κ2) is 6.45. The summed E-state index contributed by atoms with van der Waals surface area (Å²) >= 11 is 0. The average Bonchev–Trinajstić information content (AvgIpc) is 2.31. The quantitative estimate of drug-likeness (QED) is 0.460. The number of aliphatic hydroxyl groups is 3. The molecule has 0 aromatic carbocycles. The lowest BCUT2D eigenvalue weighted by Crippen LogP contribution is -2.41. The first kappa shape index (κ1) is 14.6. The fourth-order valence-corrected chi connectivity index (χ4v) is 1.29. The number of nitrogens with two attached hydrogens (primary N) is 1. The minimum Gasteiger partial charge on any atom is -0.394 e. The molecule has 0 aliphatic carbocycles. The van der Waals surface area contributed by atoms with E-state index in [1.165, 1.54) is 19.2 Å². The van der Waals surface area contributed by atoms with Crippen molar-refractivity contribution in [2.75, 3.05) is 12.3 Å². The van der Waals surface area contributed by atoms with E-state index in [9.17, 15) is 15.0 Å². The van der Waals surface area contributed by atoms with E-state index in [0.29, 0.717) is 0 Å². The predicted octanol–water partition coefficient (Wildman–Crippen LogP) is -2.10. The van der Waals surface area contributed by atoms with Gasteiger partial charge in [0.15, 0.2) is 0 Å². The summed E-state index contributed by atoms with van der Waals surface area (Å²) in [6, 6.07) is 1.42. The van der Waals surface area contributed by atoms with Gasteiger partial charge in [0.25, 0.3) is 0 Å². The van der Waals surface area contributed by atoms with Crippen LogP contribution in [-0.4, -0.2) is 49.8 Å². The number of hydrogen-bond donors (Lipinski definition) is 4. The SMILES string of the molecule is C[C@@H](O)[C@H](O)[C@@H](CO)OCn1ccc(N)nc1=O.